The number of aliphatic imine (C=N–C) groups is 1. The predicted molar refractivity (Wildman–Crippen MR) is 103 cm³/mol. The van der Waals surface area contributed by atoms with E-state index in [-0.39, 0.29) is 13.3 Å². The molecule has 1 aromatic carbocycles. The summed E-state index contributed by atoms with van der Waals surface area (Å²) in [5.41, 5.74) is 0.857. The molecule has 10 heteroatoms. The summed E-state index contributed by atoms with van der Waals surface area (Å²) in [4.78, 5) is 7.16. The molecule has 0 saturated heterocycles. The number of alkyl halides is 6. The Morgan fingerprint density at radius 2 is 1.71 bits per heavy atom. The van der Waals surface area contributed by atoms with Crippen molar-refractivity contribution in [1.29, 1.82) is 0 Å². The maximum Gasteiger partial charge on any atom is 0.270 e. The number of rotatable bonds is 3. The minimum Gasteiger partial charge on any atom is -0.496 e. The van der Waals surface area contributed by atoms with E-state index in [4.69, 9.17) is 74.3 Å². The number of nitrogens with zero attached hydrogens (tertiary/aromatic N) is 3. The minimum absolute atomic E-state index is 0.0854. The molecule has 1 aromatic rings. The van der Waals surface area contributed by atoms with Crippen LogP contribution in [0.2, 0.25) is 0 Å². The third-order valence-electron chi connectivity index (χ3n) is 3.21. The fourth-order valence-corrected chi connectivity index (χ4v) is 2.75. The molecule has 0 unspecified atom stereocenters. The van der Waals surface area contributed by atoms with Crippen LogP contribution in [-0.4, -0.2) is 43.9 Å². The van der Waals surface area contributed by atoms with Crippen molar-refractivity contribution in [2.45, 2.75) is 7.83 Å². The molecule has 0 N–H and O–H groups in total. The zero-order valence-corrected chi connectivity index (χ0v) is 16.9. The normalized spacial score (nSPS) is 17.3. The largest absolute Gasteiger partial charge is 0.496 e. The first-order valence-corrected chi connectivity index (χ1v) is 8.91. The molecule has 4 nitrogen and oxygen atoms in total. The molecular formula is C14H13Cl6N3O. The first-order valence-electron chi connectivity index (χ1n) is 6.64. The SMILES string of the molecule is COc1ccccc1C=CC1=NCN(C(Cl)(Cl)Cl)CN1C(Cl)(Cl)Cl. The van der Waals surface area contributed by atoms with E-state index in [1.54, 1.807) is 13.2 Å². The van der Waals surface area contributed by atoms with E-state index in [1.165, 1.54) is 9.80 Å². The summed E-state index contributed by atoms with van der Waals surface area (Å²) in [5.74, 6) is 1.17. The quantitative estimate of drug-likeness (QED) is 0.461. The number of hydrogen-bond donors (Lipinski definition) is 0. The van der Waals surface area contributed by atoms with Crippen molar-refractivity contribution in [3.8, 4) is 5.75 Å². The molecule has 0 saturated carbocycles. The minimum atomic E-state index is -1.75. The highest BCUT2D eigenvalue weighted by molar-refractivity contribution is 6.68. The number of methoxy groups -OCH3 is 1. The van der Waals surface area contributed by atoms with Gasteiger partial charge in [0, 0.05) is 5.56 Å². The Morgan fingerprint density at radius 3 is 2.29 bits per heavy atom. The van der Waals surface area contributed by atoms with E-state index in [2.05, 4.69) is 4.99 Å². The van der Waals surface area contributed by atoms with Gasteiger partial charge in [-0.1, -0.05) is 87.8 Å². The summed E-state index contributed by atoms with van der Waals surface area (Å²) in [6, 6.07) is 7.51. The van der Waals surface area contributed by atoms with Crippen molar-refractivity contribution >= 4 is 81.5 Å². The highest BCUT2D eigenvalue weighted by Crippen LogP contribution is 2.37. The van der Waals surface area contributed by atoms with Gasteiger partial charge >= 0.3 is 0 Å². The number of hydrogen-bond acceptors (Lipinski definition) is 4. The zero-order chi connectivity index (χ0) is 18.0. The van der Waals surface area contributed by atoms with Crippen LogP contribution in [0, 0.1) is 0 Å². The smallest absolute Gasteiger partial charge is 0.270 e. The molecule has 2 rings (SSSR count). The summed E-state index contributed by atoms with van der Waals surface area (Å²) in [5, 5.41) is 0. The third-order valence-corrected chi connectivity index (χ3v) is 4.54. The van der Waals surface area contributed by atoms with E-state index < -0.39 is 7.83 Å². The van der Waals surface area contributed by atoms with Crippen molar-refractivity contribution in [1.82, 2.24) is 9.80 Å². The van der Waals surface area contributed by atoms with Gasteiger partial charge in [-0.15, -0.1) is 0 Å². The van der Waals surface area contributed by atoms with Gasteiger partial charge in [-0.3, -0.25) is 9.89 Å². The number of halogens is 6. The topological polar surface area (TPSA) is 28.1 Å². The summed E-state index contributed by atoms with van der Waals surface area (Å²) >= 11 is 35.7. The van der Waals surface area contributed by atoms with Gasteiger partial charge in [-0.05, 0) is 18.2 Å². The lowest BCUT2D eigenvalue weighted by Crippen LogP contribution is -2.54. The summed E-state index contributed by atoms with van der Waals surface area (Å²) in [6.45, 7) is 0.238. The van der Waals surface area contributed by atoms with E-state index in [1.807, 2.05) is 30.3 Å². The highest BCUT2D eigenvalue weighted by Gasteiger charge is 2.40. The van der Waals surface area contributed by atoms with Crippen LogP contribution >= 0.6 is 69.6 Å². The van der Waals surface area contributed by atoms with Gasteiger partial charge in [-0.25, -0.2) is 4.90 Å². The molecule has 0 aromatic heterocycles. The van der Waals surface area contributed by atoms with Crippen LogP contribution in [0.3, 0.4) is 0 Å². The Labute approximate surface area is 170 Å². The lowest BCUT2D eigenvalue weighted by atomic mass is 10.2. The first-order chi connectivity index (χ1) is 11.1. The van der Waals surface area contributed by atoms with Crippen LogP contribution in [0.4, 0.5) is 0 Å². The van der Waals surface area contributed by atoms with Crippen molar-refractivity contribution in [2.75, 3.05) is 20.4 Å². The van der Waals surface area contributed by atoms with Crippen molar-refractivity contribution in [3.63, 3.8) is 0 Å². The van der Waals surface area contributed by atoms with Gasteiger partial charge in [0.15, 0.2) is 0 Å². The summed E-state index contributed by atoms with van der Waals surface area (Å²) in [7, 11) is 1.59. The Hall–Kier alpha value is -0.0700. The van der Waals surface area contributed by atoms with Crippen LogP contribution in [-0.2, 0) is 0 Å². The molecule has 0 bridgehead atoms. The fraction of sp³-hybridized carbons (Fsp3) is 0.357. The number of ether oxygens (including phenoxy) is 1. The predicted octanol–water partition coefficient (Wildman–Crippen LogP) is 5.29. The average molecular weight is 452 g/mol. The van der Waals surface area contributed by atoms with E-state index in [0.717, 1.165) is 5.56 Å². The highest BCUT2D eigenvalue weighted by atomic mass is 35.6. The average Bonchev–Trinajstić information content (AvgIpc) is 2.51. The molecule has 0 spiro atoms. The molecule has 0 aliphatic carbocycles. The van der Waals surface area contributed by atoms with E-state index in [0.29, 0.717) is 11.6 Å². The number of amidine groups is 1. The van der Waals surface area contributed by atoms with Crippen molar-refractivity contribution in [2.24, 2.45) is 4.99 Å². The van der Waals surface area contributed by atoms with Crippen LogP contribution in [0.5, 0.6) is 5.75 Å². The van der Waals surface area contributed by atoms with E-state index in [9.17, 15) is 0 Å². The maximum absolute atomic E-state index is 6.02. The second-order valence-corrected chi connectivity index (χ2v) is 9.22. The Kier molecular flexibility index (Phi) is 6.82. The lowest BCUT2D eigenvalue weighted by molar-refractivity contribution is 0.170. The molecular weight excluding hydrogens is 439 g/mol. The molecule has 0 atom stereocenters. The first kappa shape index (κ1) is 20.2. The Balaban J connectivity index is 2.29. The fourth-order valence-electron chi connectivity index (χ4n) is 2.01. The standard InChI is InChI=1S/C14H13Cl6N3O/c1-24-11-5-3-2-4-10(11)6-7-12-21-8-22(13(15,16)17)9-23(12)14(18,19)20/h2-7H,8-9H2,1H3. The van der Waals surface area contributed by atoms with Crippen LogP contribution in [0.15, 0.2) is 35.3 Å². The van der Waals surface area contributed by atoms with Crippen LogP contribution < -0.4 is 4.74 Å². The van der Waals surface area contributed by atoms with Crippen LogP contribution in [0.1, 0.15) is 5.56 Å². The molecule has 1 aliphatic rings. The van der Waals surface area contributed by atoms with Gasteiger partial charge in [0.25, 0.3) is 7.83 Å². The molecule has 0 fully saturated rings. The summed E-state index contributed by atoms with van der Waals surface area (Å²) < 4.78 is 1.89. The van der Waals surface area contributed by atoms with E-state index >= 15 is 0 Å². The van der Waals surface area contributed by atoms with Gasteiger partial charge in [0.1, 0.15) is 11.6 Å². The Bertz CT molecular complexity index is 638. The second-order valence-electron chi connectivity index (χ2n) is 4.78. The zero-order valence-electron chi connectivity index (χ0n) is 12.4. The Morgan fingerprint density at radius 1 is 1.04 bits per heavy atom. The molecule has 0 amide bonds. The van der Waals surface area contributed by atoms with Gasteiger partial charge in [0.2, 0.25) is 0 Å². The monoisotopic (exact) mass is 449 g/mol. The molecule has 132 valence electrons. The van der Waals surface area contributed by atoms with Crippen LogP contribution in [0.25, 0.3) is 6.08 Å². The molecule has 1 aliphatic heterocycles. The molecule has 1 heterocycles. The van der Waals surface area contributed by atoms with Crippen molar-refractivity contribution in [3.05, 3.63) is 35.9 Å². The maximum atomic E-state index is 6.02. The van der Waals surface area contributed by atoms with Gasteiger partial charge < -0.3 is 4.74 Å². The molecule has 0 radical (unpaired) electrons. The molecule has 24 heavy (non-hydrogen) atoms. The second kappa shape index (κ2) is 8.09. The van der Waals surface area contributed by atoms with Gasteiger partial charge in [0.05, 0.1) is 20.4 Å². The summed E-state index contributed by atoms with van der Waals surface area (Å²) in [6.07, 6.45) is 3.53. The third kappa shape index (κ3) is 5.21. The van der Waals surface area contributed by atoms with Gasteiger partial charge in [-0.2, -0.15) is 0 Å². The number of para-hydroxylation sites is 1. The number of benzene rings is 1. The van der Waals surface area contributed by atoms with Crippen molar-refractivity contribution < 1.29 is 4.74 Å². The lowest BCUT2D eigenvalue weighted by Gasteiger charge is -2.41.